The van der Waals surface area contributed by atoms with Gasteiger partial charge in [0, 0.05) is 24.1 Å². The molecule has 1 aromatic heterocycles. The highest BCUT2D eigenvalue weighted by molar-refractivity contribution is 9.09. The molecule has 0 aromatic carbocycles. The molecule has 112 valence electrons. The Morgan fingerprint density at radius 3 is 2.80 bits per heavy atom. The van der Waals surface area contributed by atoms with Crippen LogP contribution in [0.5, 0.6) is 0 Å². The van der Waals surface area contributed by atoms with Crippen molar-refractivity contribution in [3.63, 3.8) is 0 Å². The maximum absolute atomic E-state index is 4.84. The largest absolute Gasteiger partial charge is 0.297 e. The number of hydrogen-bond donors (Lipinski definition) is 0. The molecule has 3 rings (SSSR count). The third kappa shape index (κ3) is 3.45. The Balaban J connectivity index is 1.57. The third-order valence-corrected chi connectivity index (χ3v) is 6.24. The summed E-state index contributed by atoms with van der Waals surface area (Å²) in [5.41, 5.74) is 1.25. The van der Waals surface area contributed by atoms with Gasteiger partial charge < -0.3 is 0 Å². The first-order valence-corrected chi connectivity index (χ1v) is 9.04. The standard InChI is InChI=1S/C16H26BrN3/c1-13-11-19(9-8-16(13)17)12-14-7-10-20(18-14)15-5-3-2-4-6-15/h7,10,13,15-16H,2-6,8-9,11-12H2,1H3. The van der Waals surface area contributed by atoms with Crippen molar-refractivity contribution in [2.75, 3.05) is 13.1 Å². The van der Waals surface area contributed by atoms with Crippen LogP contribution in [-0.4, -0.2) is 32.6 Å². The lowest BCUT2D eigenvalue weighted by molar-refractivity contribution is 0.181. The van der Waals surface area contributed by atoms with Crippen molar-refractivity contribution in [1.29, 1.82) is 0 Å². The normalized spacial score (nSPS) is 29.7. The second kappa shape index (κ2) is 6.61. The molecule has 0 bridgehead atoms. The van der Waals surface area contributed by atoms with Crippen LogP contribution in [0.15, 0.2) is 12.3 Å². The zero-order valence-electron chi connectivity index (χ0n) is 12.5. The summed E-state index contributed by atoms with van der Waals surface area (Å²) in [5.74, 6) is 0.740. The number of alkyl halides is 1. The van der Waals surface area contributed by atoms with Gasteiger partial charge >= 0.3 is 0 Å². The SMILES string of the molecule is CC1CN(Cc2ccn(C3CCCCC3)n2)CCC1Br. The van der Waals surface area contributed by atoms with E-state index in [0.717, 1.165) is 12.5 Å². The minimum absolute atomic E-state index is 0.657. The molecule has 1 saturated heterocycles. The number of piperidine rings is 1. The molecule has 2 heterocycles. The predicted octanol–water partition coefficient (Wildman–Crippen LogP) is 3.99. The molecule has 2 aliphatic rings. The van der Waals surface area contributed by atoms with Crippen LogP contribution in [-0.2, 0) is 6.54 Å². The monoisotopic (exact) mass is 339 g/mol. The van der Waals surface area contributed by atoms with Gasteiger partial charge in [-0.1, -0.05) is 42.1 Å². The van der Waals surface area contributed by atoms with Crippen LogP contribution in [0.1, 0.15) is 57.2 Å². The zero-order chi connectivity index (χ0) is 13.9. The lowest BCUT2D eigenvalue weighted by Crippen LogP contribution is -2.39. The zero-order valence-corrected chi connectivity index (χ0v) is 14.1. The molecule has 4 heteroatoms. The molecule has 0 radical (unpaired) electrons. The van der Waals surface area contributed by atoms with Crippen molar-refractivity contribution < 1.29 is 0 Å². The molecule has 2 unspecified atom stereocenters. The Bertz CT molecular complexity index is 425. The predicted molar refractivity (Wildman–Crippen MR) is 86.1 cm³/mol. The third-order valence-electron chi connectivity index (χ3n) is 4.88. The molecule has 0 N–H and O–H groups in total. The number of nitrogens with zero attached hydrogens (tertiary/aromatic N) is 3. The van der Waals surface area contributed by atoms with Gasteiger partial charge in [-0.25, -0.2) is 0 Å². The van der Waals surface area contributed by atoms with Gasteiger partial charge in [-0.3, -0.25) is 9.58 Å². The number of hydrogen-bond acceptors (Lipinski definition) is 2. The average Bonchev–Trinajstić information content (AvgIpc) is 2.92. The van der Waals surface area contributed by atoms with Crippen LogP contribution < -0.4 is 0 Å². The van der Waals surface area contributed by atoms with Crippen LogP contribution in [0.3, 0.4) is 0 Å². The van der Waals surface area contributed by atoms with Gasteiger partial charge in [0.15, 0.2) is 0 Å². The quantitative estimate of drug-likeness (QED) is 0.776. The summed E-state index contributed by atoms with van der Waals surface area (Å²) >= 11 is 3.78. The summed E-state index contributed by atoms with van der Waals surface area (Å²) in [6, 6.07) is 2.88. The van der Waals surface area contributed by atoms with Gasteiger partial charge in [0.2, 0.25) is 0 Å². The van der Waals surface area contributed by atoms with E-state index in [1.54, 1.807) is 0 Å². The Kier molecular flexibility index (Phi) is 4.82. The number of rotatable bonds is 3. The van der Waals surface area contributed by atoms with Crippen LogP contribution in [0.25, 0.3) is 0 Å². The highest BCUT2D eigenvalue weighted by Gasteiger charge is 2.24. The van der Waals surface area contributed by atoms with E-state index in [1.807, 2.05) is 0 Å². The lowest BCUT2D eigenvalue weighted by atomic mass is 9.96. The number of aromatic nitrogens is 2. The summed E-state index contributed by atoms with van der Waals surface area (Å²) in [5, 5.41) is 4.84. The van der Waals surface area contributed by atoms with Crippen molar-refractivity contribution in [1.82, 2.24) is 14.7 Å². The van der Waals surface area contributed by atoms with Crippen molar-refractivity contribution in [2.45, 2.75) is 62.9 Å². The van der Waals surface area contributed by atoms with E-state index >= 15 is 0 Å². The van der Waals surface area contributed by atoms with E-state index in [2.05, 4.69) is 44.7 Å². The van der Waals surface area contributed by atoms with Gasteiger partial charge in [0.1, 0.15) is 0 Å². The fourth-order valence-electron chi connectivity index (χ4n) is 3.59. The molecule has 1 aromatic rings. The van der Waals surface area contributed by atoms with Crippen LogP contribution >= 0.6 is 15.9 Å². The minimum Gasteiger partial charge on any atom is -0.297 e. The highest BCUT2D eigenvalue weighted by atomic mass is 79.9. The van der Waals surface area contributed by atoms with Gasteiger partial charge in [-0.2, -0.15) is 5.10 Å². The molecule has 0 amide bonds. The van der Waals surface area contributed by atoms with E-state index in [0.29, 0.717) is 10.9 Å². The maximum Gasteiger partial charge on any atom is 0.0764 e. The molecule has 1 saturated carbocycles. The molecular weight excluding hydrogens is 314 g/mol. The van der Waals surface area contributed by atoms with Gasteiger partial charge in [-0.15, -0.1) is 0 Å². The smallest absolute Gasteiger partial charge is 0.0764 e. The van der Waals surface area contributed by atoms with Gasteiger partial charge in [-0.05, 0) is 37.8 Å². The van der Waals surface area contributed by atoms with E-state index < -0.39 is 0 Å². The molecule has 0 spiro atoms. The molecule has 2 fully saturated rings. The van der Waals surface area contributed by atoms with Gasteiger partial charge in [0.05, 0.1) is 11.7 Å². The molecule has 1 aliphatic heterocycles. The average molecular weight is 340 g/mol. The topological polar surface area (TPSA) is 21.1 Å². The summed E-state index contributed by atoms with van der Waals surface area (Å²) in [6.07, 6.45) is 10.2. The molecular formula is C16H26BrN3. The summed E-state index contributed by atoms with van der Waals surface area (Å²) < 4.78 is 2.23. The Labute approximate surface area is 130 Å². The van der Waals surface area contributed by atoms with E-state index in [4.69, 9.17) is 5.10 Å². The maximum atomic E-state index is 4.84. The fourth-order valence-corrected chi connectivity index (χ4v) is 3.96. The van der Waals surface area contributed by atoms with Crippen molar-refractivity contribution in [3.8, 4) is 0 Å². The molecule has 20 heavy (non-hydrogen) atoms. The number of likely N-dealkylation sites (tertiary alicyclic amines) is 1. The lowest BCUT2D eigenvalue weighted by Gasteiger charge is -2.33. The van der Waals surface area contributed by atoms with Crippen molar-refractivity contribution >= 4 is 15.9 Å². The fraction of sp³-hybridized carbons (Fsp3) is 0.812. The summed E-state index contributed by atoms with van der Waals surface area (Å²) in [4.78, 5) is 3.24. The van der Waals surface area contributed by atoms with E-state index in [1.165, 1.54) is 57.3 Å². The first kappa shape index (κ1) is 14.6. The minimum atomic E-state index is 0.657. The van der Waals surface area contributed by atoms with Gasteiger partial charge in [0.25, 0.3) is 0 Å². The molecule has 1 aliphatic carbocycles. The van der Waals surface area contributed by atoms with Crippen molar-refractivity contribution in [3.05, 3.63) is 18.0 Å². The van der Waals surface area contributed by atoms with Crippen LogP contribution in [0.4, 0.5) is 0 Å². The number of halogens is 1. The summed E-state index contributed by atoms with van der Waals surface area (Å²) in [7, 11) is 0. The van der Waals surface area contributed by atoms with E-state index in [-0.39, 0.29) is 0 Å². The van der Waals surface area contributed by atoms with E-state index in [9.17, 15) is 0 Å². The molecule has 3 nitrogen and oxygen atoms in total. The Morgan fingerprint density at radius 2 is 2.05 bits per heavy atom. The second-order valence-corrected chi connectivity index (χ2v) is 7.77. The molecule has 2 atom stereocenters. The first-order valence-electron chi connectivity index (χ1n) is 8.13. The highest BCUT2D eigenvalue weighted by Crippen LogP contribution is 2.28. The van der Waals surface area contributed by atoms with Crippen molar-refractivity contribution in [2.24, 2.45) is 5.92 Å². The summed E-state index contributed by atoms with van der Waals surface area (Å²) in [6.45, 7) is 5.73. The Hall–Kier alpha value is -0.350. The second-order valence-electron chi connectivity index (χ2n) is 6.60. The van der Waals surface area contributed by atoms with Crippen LogP contribution in [0.2, 0.25) is 0 Å². The van der Waals surface area contributed by atoms with Crippen LogP contribution in [0, 0.1) is 5.92 Å². The first-order chi connectivity index (χ1) is 9.72. The Morgan fingerprint density at radius 1 is 1.25 bits per heavy atom.